The minimum atomic E-state index is -0.512. The van der Waals surface area contributed by atoms with Crippen LogP contribution in [-0.4, -0.2) is 15.1 Å². The highest BCUT2D eigenvalue weighted by Gasteiger charge is 2.10. The first kappa shape index (κ1) is 10.5. The fourth-order valence-corrected chi connectivity index (χ4v) is 1.39. The topological polar surface area (TPSA) is 106 Å². The molecule has 0 spiro atoms. The zero-order valence-electron chi connectivity index (χ0n) is 7.35. The van der Waals surface area contributed by atoms with Crippen LogP contribution in [0.4, 0.5) is 5.69 Å². The standard InChI is InChI=1S/C7H8N4O2S/c1-4-2-5(11(12)13)3-10-6(4)14-7(8)9/h2-3H,1H3,(H3,8,9). The molecule has 0 aliphatic heterocycles. The molecule has 0 atom stereocenters. The third-order valence-corrected chi connectivity index (χ3v) is 2.27. The molecule has 7 heteroatoms. The van der Waals surface area contributed by atoms with E-state index in [0.717, 1.165) is 18.0 Å². The van der Waals surface area contributed by atoms with Gasteiger partial charge in [0, 0.05) is 6.07 Å². The van der Waals surface area contributed by atoms with E-state index >= 15 is 0 Å². The molecule has 0 unspecified atom stereocenters. The Hall–Kier alpha value is -1.63. The van der Waals surface area contributed by atoms with Crippen molar-refractivity contribution in [1.29, 1.82) is 5.41 Å². The van der Waals surface area contributed by atoms with Crippen molar-refractivity contribution in [2.24, 2.45) is 5.73 Å². The number of aryl methyl sites for hydroxylation is 1. The highest BCUT2D eigenvalue weighted by Crippen LogP contribution is 2.22. The molecule has 6 nitrogen and oxygen atoms in total. The lowest BCUT2D eigenvalue weighted by Crippen LogP contribution is -2.04. The summed E-state index contributed by atoms with van der Waals surface area (Å²) in [7, 11) is 0. The molecular weight excluding hydrogens is 204 g/mol. The van der Waals surface area contributed by atoms with Crippen molar-refractivity contribution in [2.45, 2.75) is 11.9 Å². The van der Waals surface area contributed by atoms with Crippen LogP contribution in [0.2, 0.25) is 0 Å². The van der Waals surface area contributed by atoms with Gasteiger partial charge in [-0.3, -0.25) is 15.5 Å². The second-order valence-electron chi connectivity index (χ2n) is 2.54. The summed E-state index contributed by atoms with van der Waals surface area (Å²) in [4.78, 5) is 13.7. The normalized spacial score (nSPS) is 9.79. The molecule has 0 amide bonds. The molecule has 1 aromatic rings. The van der Waals surface area contributed by atoms with E-state index in [-0.39, 0.29) is 10.9 Å². The van der Waals surface area contributed by atoms with Gasteiger partial charge in [0.25, 0.3) is 5.69 Å². The van der Waals surface area contributed by atoms with E-state index in [1.54, 1.807) is 6.92 Å². The van der Waals surface area contributed by atoms with Crippen LogP contribution >= 0.6 is 11.8 Å². The number of hydrogen-bond donors (Lipinski definition) is 2. The number of nitro groups is 1. The molecule has 0 fully saturated rings. The molecule has 1 rings (SSSR count). The second-order valence-corrected chi connectivity index (χ2v) is 3.57. The summed E-state index contributed by atoms with van der Waals surface area (Å²) >= 11 is 0.973. The number of thioether (sulfide) groups is 1. The molecule has 0 aromatic carbocycles. The molecule has 0 radical (unpaired) electrons. The van der Waals surface area contributed by atoms with Gasteiger partial charge in [-0.15, -0.1) is 0 Å². The van der Waals surface area contributed by atoms with Crippen molar-refractivity contribution < 1.29 is 4.92 Å². The molecule has 1 aromatic heterocycles. The summed E-state index contributed by atoms with van der Waals surface area (Å²) in [6.45, 7) is 1.69. The lowest BCUT2D eigenvalue weighted by Gasteiger charge is -2.01. The quantitative estimate of drug-likeness (QED) is 0.252. The van der Waals surface area contributed by atoms with Gasteiger partial charge in [0.2, 0.25) is 0 Å². The first-order valence-corrected chi connectivity index (χ1v) is 4.45. The van der Waals surface area contributed by atoms with E-state index in [2.05, 4.69) is 4.98 Å². The predicted octanol–water partition coefficient (Wildman–Crippen LogP) is 1.28. The highest BCUT2D eigenvalue weighted by atomic mass is 32.2. The van der Waals surface area contributed by atoms with Crippen molar-refractivity contribution in [1.82, 2.24) is 4.98 Å². The second kappa shape index (κ2) is 4.05. The zero-order chi connectivity index (χ0) is 10.7. The SMILES string of the molecule is Cc1cc([N+](=O)[O-])cnc1SC(=N)N. The third-order valence-electron chi connectivity index (χ3n) is 1.43. The van der Waals surface area contributed by atoms with E-state index in [0.29, 0.717) is 10.6 Å². The summed E-state index contributed by atoms with van der Waals surface area (Å²) in [5.74, 6) is 0. The first-order chi connectivity index (χ1) is 6.50. The zero-order valence-corrected chi connectivity index (χ0v) is 8.17. The summed E-state index contributed by atoms with van der Waals surface area (Å²) in [6, 6.07) is 1.40. The summed E-state index contributed by atoms with van der Waals surface area (Å²) in [6.07, 6.45) is 1.15. The lowest BCUT2D eigenvalue weighted by molar-refractivity contribution is -0.385. The number of nitrogens with one attached hydrogen (secondary N) is 1. The molecule has 74 valence electrons. The summed E-state index contributed by atoms with van der Waals surface area (Å²) in [5.41, 5.74) is 5.74. The average molecular weight is 212 g/mol. The van der Waals surface area contributed by atoms with Crippen molar-refractivity contribution in [3.05, 3.63) is 27.9 Å². The fourth-order valence-electron chi connectivity index (χ4n) is 0.858. The van der Waals surface area contributed by atoms with Crippen molar-refractivity contribution in [3.8, 4) is 0 Å². The number of hydrogen-bond acceptors (Lipinski definition) is 5. The Balaban J connectivity index is 3.01. The van der Waals surface area contributed by atoms with Crippen molar-refractivity contribution in [3.63, 3.8) is 0 Å². The van der Waals surface area contributed by atoms with Crippen LogP contribution in [0.25, 0.3) is 0 Å². The number of rotatable bonds is 2. The minimum Gasteiger partial charge on any atom is -0.378 e. The van der Waals surface area contributed by atoms with Gasteiger partial charge in [-0.05, 0) is 24.2 Å². The van der Waals surface area contributed by atoms with Gasteiger partial charge in [-0.1, -0.05) is 0 Å². The molecule has 3 N–H and O–H groups in total. The number of nitrogens with zero attached hydrogens (tertiary/aromatic N) is 2. The van der Waals surface area contributed by atoms with E-state index < -0.39 is 4.92 Å². The van der Waals surface area contributed by atoms with Crippen LogP contribution in [0, 0.1) is 22.4 Å². The van der Waals surface area contributed by atoms with Gasteiger partial charge in [0.05, 0.1) is 4.92 Å². The molecule has 0 aliphatic carbocycles. The maximum Gasteiger partial charge on any atom is 0.287 e. The summed E-state index contributed by atoms with van der Waals surface area (Å²) < 4.78 is 0. The number of aromatic nitrogens is 1. The average Bonchev–Trinajstić information content (AvgIpc) is 2.07. The molecule has 0 aliphatic rings. The monoisotopic (exact) mass is 212 g/mol. The third kappa shape index (κ3) is 2.43. The van der Waals surface area contributed by atoms with E-state index in [9.17, 15) is 10.1 Å². The van der Waals surface area contributed by atoms with Crippen molar-refractivity contribution >= 4 is 22.6 Å². The van der Waals surface area contributed by atoms with Gasteiger partial charge in [-0.25, -0.2) is 4.98 Å². The van der Waals surface area contributed by atoms with Gasteiger partial charge < -0.3 is 5.73 Å². The van der Waals surface area contributed by atoms with Crippen LogP contribution in [0.3, 0.4) is 0 Å². The van der Waals surface area contributed by atoms with Crippen LogP contribution in [0.15, 0.2) is 17.3 Å². The number of nitrogens with two attached hydrogens (primary N) is 1. The number of pyridine rings is 1. The molecule has 0 saturated carbocycles. The van der Waals surface area contributed by atoms with E-state index in [1.807, 2.05) is 0 Å². The Kier molecular flexibility index (Phi) is 3.03. The maximum absolute atomic E-state index is 10.4. The van der Waals surface area contributed by atoms with E-state index in [1.165, 1.54) is 6.07 Å². The van der Waals surface area contributed by atoms with Gasteiger partial charge >= 0.3 is 0 Å². The molecule has 0 bridgehead atoms. The lowest BCUT2D eigenvalue weighted by atomic mass is 10.3. The first-order valence-electron chi connectivity index (χ1n) is 3.63. The Morgan fingerprint density at radius 2 is 2.43 bits per heavy atom. The molecule has 14 heavy (non-hydrogen) atoms. The van der Waals surface area contributed by atoms with Crippen molar-refractivity contribution in [2.75, 3.05) is 0 Å². The van der Waals surface area contributed by atoms with Gasteiger partial charge in [0.15, 0.2) is 5.17 Å². The molecule has 1 heterocycles. The maximum atomic E-state index is 10.4. The van der Waals surface area contributed by atoms with Crippen LogP contribution in [-0.2, 0) is 0 Å². The van der Waals surface area contributed by atoms with Crippen LogP contribution in [0.1, 0.15) is 5.56 Å². The Labute approximate surface area is 84.2 Å². The molecular formula is C7H8N4O2S. The summed E-state index contributed by atoms with van der Waals surface area (Å²) in [5, 5.41) is 17.8. The van der Waals surface area contributed by atoms with Gasteiger partial charge in [0.1, 0.15) is 11.2 Å². The van der Waals surface area contributed by atoms with Crippen LogP contribution in [0.5, 0.6) is 0 Å². The van der Waals surface area contributed by atoms with E-state index in [4.69, 9.17) is 11.1 Å². The van der Waals surface area contributed by atoms with Crippen LogP contribution < -0.4 is 5.73 Å². The minimum absolute atomic E-state index is 0.0598. The molecule has 0 saturated heterocycles. The van der Waals surface area contributed by atoms with Gasteiger partial charge in [-0.2, -0.15) is 0 Å². The Bertz CT molecular complexity index is 393. The largest absolute Gasteiger partial charge is 0.378 e. The Morgan fingerprint density at radius 1 is 1.79 bits per heavy atom. The smallest absolute Gasteiger partial charge is 0.287 e. The fraction of sp³-hybridized carbons (Fsp3) is 0.143. The highest BCUT2D eigenvalue weighted by molar-refractivity contribution is 8.13. The predicted molar refractivity (Wildman–Crippen MR) is 53.4 cm³/mol. The Morgan fingerprint density at radius 3 is 2.86 bits per heavy atom. The number of amidine groups is 1.